The van der Waals surface area contributed by atoms with Crippen LogP contribution >= 0.6 is 0 Å². The molecule has 0 atom stereocenters. The summed E-state index contributed by atoms with van der Waals surface area (Å²) in [6, 6.07) is 20.1. The van der Waals surface area contributed by atoms with Gasteiger partial charge in [-0.3, -0.25) is 4.79 Å². The highest BCUT2D eigenvalue weighted by Crippen LogP contribution is 2.31. The molecule has 4 aromatic rings. The molecule has 0 aliphatic rings. The lowest BCUT2D eigenvalue weighted by atomic mass is 10.1. The van der Waals surface area contributed by atoms with Crippen LogP contribution in [0.4, 0.5) is 0 Å². The van der Waals surface area contributed by atoms with Gasteiger partial charge in [0.25, 0.3) is 5.91 Å². The molecule has 3 aromatic carbocycles. The number of carbonyl (C=O) groups is 2. The lowest BCUT2D eigenvalue weighted by Crippen LogP contribution is -2.28. The minimum absolute atomic E-state index is 0.0957. The molecule has 0 spiro atoms. The van der Waals surface area contributed by atoms with Crippen LogP contribution in [0, 0.1) is 0 Å². The molecule has 0 aliphatic heterocycles. The molecule has 1 aromatic heterocycles. The summed E-state index contributed by atoms with van der Waals surface area (Å²) in [6.07, 6.45) is 0. The second-order valence-electron chi connectivity index (χ2n) is 6.51. The number of nitrogens with one attached hydrogen (secondary N) is 1. The number of benzene rings is 3. The summed E-state index contributed by atoms with van der Waals surface area (Å²) < 4.78 is 16.1. The first kappa shape index (κ1) is 18.6. The highest BCUT2D eigenvalue weighted by molar-refractivity contribution is 6.05. The van der Waals surface area contributed by atoms with Crippen molar-refractivity contribution in [2.24, 2.45) is 0 Å². The van der Waals surface area contributed by atoms with Gasteiger partial charge in [-0.15, -0.1) is 0 Å². The molecule has 146 valence electrons. The average molecular weight is 389 g/mol. The molecule has 0 unspecified atom stereocenters. The van der Waals surface area contributed by atoms with Crippen LogP contribution in [0.25, 0.3) is 21.9 Å². The fourth-order valence-corrected chi connectivity index (χ4v) is 3.07. The van der Waals surface area contributed by atoms with Crippen molar-refractivity contribution in [1.29, 1.82) is 0 Å². The van der Waals surface area contributed by atoms with Crippen LogP contribution in [-0.2, 0) is 16.1 Å². The highest BCUT2D eigenvalue weighted by atomic mass is 16.5. The third-order valence-electron chi connectivity index (χ3n) is 4.58. The Morgan fingerprint density at radius 3 is 2.48 bits per heavy atom. The quantitative estimate of drug-likeness (QED) is 0.503. The number of rotatable bonds is 6. The number of fused-ring (bicyclic) bond motifs is 3. The molecule has 0 bridgehead atoms. The van der Waals surface area contributed by atoms with Crippen molar-refractivity contribution >= 4 is 33.8 Å². The molecule has 1 amide bonds. The Bertz CT molecular complexity index is 1180. The second kappa shape index (κ2) is 8.06. The van der Waals surface area contributed by atoms with Crippen LogP contribution in [0.15, 0.2) is 71.1 Å². The topological polar surface area (TPSA) is 77.8 Å². The zero-order chi connectivity index (χ0) is 20.2. The number of methoxy groups -OCH3 is 1. The minimum atomic E-state index is -0.392. The first-order chi connectivity index (χ1) is 14.1. The van der Waals surface area contributed by atoms with Gasteiger partial charge in [-0.1, -0.05) is 30.3 Å². The number of ether oxygens (including phenoxy) is 2. The van der Waals surface area contributed by atoms with Gasteiger partial charge >= 0.3 is 5.97 Å². The summed E-state index contributed by atoms with van der Waals surface area (Å²) in [6.45, 7) is 0.247. The Balaban J connectivity index is 1.34. The maximum absolute atomic E-state index is 12.1. The second-order valence-corrected chi connectivity index (χ2v) is 6.51. The number of carbonyl (C=O) groups excluding carboxylic acids is 2. The van der Waals surface area contributed by atoms with E-state index in [9.17, 15) is 9.59 Å². The molecule has 1 N–H and O–H groups in total. The molecule has 4 rings (SSSR count). The van der Waals surface area contributed by atoms with Crippen LogP contribution in [0.1, 0.15) is 15.9 Å². The van der Waals surface area contributed by atoms with Gasteiger partial charge in [-0.2, -0.15) is 0 Å². The average Bonchev–Trinajstić information content (AvgIpc) is 3.14. The number of hydrogen-bond donors (Lipinski definition) is 1. The van der Waals surface area contributed by atoms with E-state index < -0.39 is 5.97 Å². The number of para-hydroxylation sites is 1. The Morgan fingerprint density at radius 1 is 0.931 bits per heavy atom. The zero-order valence-electron chi connectivity index (χ0n) is 15.8. The van der Waals surface area contributed by atoms with E-state index in [1.54, 1.807) is 30.3 Å². The van der Waals surface area contributed by atoms with E-state index in [4.69, 9.17) is 9.15 Å². The van der Waals surface area contributed by atoms with Gasteiger partial charge in [0, 0.05) is 17.3 Å². The van der Waals surface area contributed by atoms with Crippen LogP contribution in [0.2, 0.25) is 0 Å². The fraction of sp³-hybridized carbons (Fsp3) is 0.130. The van der Waals surface area contributed by atoms with Gasteiger partial charge in [0.15, 0.2) is 6.61 Å². The van der Waals surface area contributed by atoms with E-state index in [-0.39, 0.29) is 12.5 Å². The largest absolute Gasteiger partial charge is 0.484 e. The monoisotopic (exact) mass is 389 g/mol. The van der Waals surface area contributed by atoms with E-state index in [2.05, 4.69) is 10.1 Å². The van der Waals surface area contributed by atoms with E-state index in [0.717, 1.165) is 27.5 Å². The van der Waals surface area contributed by atoms with Crippen molar-refractivity contribution in [1.82, 2.24) is 5.32 Å². The Morgan fingerprint density at radius 2 is 1.69 bits per heavy atom. The van der Waals surface area contributed by atoms with Crippen molar-refractivity contribution < 1.29 is 23.5 Å². The Hall–Kier alpha value is -3.80. The van der Waals surface area contributed by atoms with Gasteiger partial charge in [0.2, 0.25) is 0 Å². The molecule has 0 aliphatic carbocycles. The molecule has 0 saturated heterocycles. The first-order valence-corrected chi connectivity index (χ1v) is 9.12. The Labute approximate surface area is 167 Å². The van der Waals surface area contributed by atoms with E-state index >= 15 is 0 Å². The number of furan rings is 1. The van der Waals surface area contributed by atoms with E-state index in [1.165, 1.54) is 7.11 Å². The number of hydrogen-bond acceptors (Lipinski definition) is 5. The SMILES string of the molecule is COC(=O)c1ccc(CNC(=O)COc2ccc3oc4ccccc4c3c2)cc1. The van der Waals surface area contributed by atoms with Gasteiger partial charge in [-0.05, 0) is 42.0 Å². The highest BCUT2D eigenvalue weighted by Gasteiger charge is 2.09. The lowest BCUT2D eigenvalue weighted by molar-refractivity contribution is -0.123. The third-order valence-corrected chi connectivity index (χ3v) is 4.58. The standard InChI is InChI=1S/C23H19NO5/c1-27-23(26)16-8-6-15(7-9-16)13-24-22(25)14-28-17-10-11-21-19(12-17)18-4-2-3-5-20(18)29-21/h2-12H,13-14H2,1H3,(H,24,25). The molecule has 6 nitrogen and oxygen atoms in total. The summed E-state index contributed by atoms with van der Waals surface area (Å²) in [4.78, 5) is 23.5. The summed E-state index contributed by atoms with van der Waals surface area (Å²) in [5.74, 6) is -0.0304. The van der Waals surface area contributed by atoms with Crippen LogP contribution in [0.5, 0.6) is 5.75 Å². The maximum atomic E-state index is 12.1. The number of esters is 1. The van der Waals surface area contributed by atoms with Gasteiger partial charge < -0.3 is 19.2 Å². The Kier molecular flexibility index (Phi) is 5.16. The lowest BCUT2D eigenvalue weighted by Gasteiger charge is -2.08. The van der Waals surface area contributed by atoms with Gasteiger partial charge in [0.1, 0.15) is 16.9 Å². The molecule has 6 heteroatoms. The van der Waals surface area contributed by atoms with Crippen molar-refractivity contribution in [3.8, 4) is 5.75 Å². The van der Waals surface area contributed by atoms with Crippen molar-refractivity contribution in [2.45, 2.75) is 6.54 Å². The third kappa shape index (κ3) is 4.06. The van der Waals surface area contributed by atoms with Gasteiger partial charge in [0.05, 0.1) is 12.7 Å². The minimum Gasteiger partial charge on any atom is -0.484 e. The number of amides is 1. The molecule has 0 fully saturated rings. The summed E-state index contributed by atoms with van der Waals surface area (Å²) in [7, 11) is 1.34. The van der Waals surface area contributed by atoms with Gasteiger partial charge in [-0.25, -0.2) is 4.79 Å². The van der Waals surface area contributed by atoms with E-state index in [0.29, 0.717) is 17.9 Å². The van der Waals surface area contributed by atoms with Crippen molar-refractivity contribution in [2.75, 3.05) is 13.7 Å². The molecular formula is C23H19NO5. The molecule has 0 saturated carbocycles. The first-order valence-electron chi connectivity index (χ1n) is 9.12. The fourth-order valence-electron chi connectivity index (χ4n) is 3.07. The van der Waals surface area contributed by atoms with Crippen LogP contribution in [-0.4, -0.2) is 25.6 Å². The predicted molar refractivity (Wildman–Crippen MR) is 109 cm³/mol. The molecule has 29 heavy (non-hydrogen) atoms. The summed E-state index contributed by atoms with van der Waals surface area (Å²) >= 11 is 0. The van der Waals surface area contributed by atoms with Crippen molar-refractivity contribution in [3.63, 3.8) is 0 Å². The smallest absolute Gasteiger partial charge is 0.337 e. The van der Waals surface area contributed by atoms with Crippen molar-refractivity contribution in [3.05, 3.63) is 77.9 Å². The maximum Gasteiger partial charge on any atom is 0.337 e. The molecule has 0 radical (unpaired) electrons. The molecular weight excluding hydrogens is 370 g/mol. The van der Waals surface area contributed by atoms with Crippen LogP contribution < -0.4 is 10.1 Å². The van der Waals surface area contributed by atoms with E-state index in [1.807, 2.05) is 36.4 Å². The zero-order valence-corrected chi connectivity index (χ0v) is 15.8. The summed E-state index contributed by atoms with van der Waals surface area (Å²) in [5.41, 5.74) is 2.93. The van der Waals surface area contributed by atoms with Crippen LogP contribution in [0.3, 0.4) is 0 Å². The predicted octanol–water partition coefficient (Wildman–Crippen LogP) is 4.07. The summed E-state index contributed by atoms with van der Waals surface area (Å²) in [5, 5.41) is 4.75. The normalized spacial score (nSPS) is 10.8. The molecule has 1 heterocycles.